The van der Waals surface area contributed by atoms with Gasteiger partial charge in [-0.25, -0.2) is 0 Å². The summed E-state index contributed by atoms with van der Waals surface area (Å²) in [6, 6.07) is 18.7. The van der Waals surface area contributed by atoms with E-state index in [1.165, 1.54) is 11.1 Å². The number of aryl methyl sites for hydroxylation is 1. The van der Waals surface area contributed by atoms with Crippen molar-refractivity contribution < 1.29 is 4.84 Å². The number of nitrogens with zero attached hydrogens (tertiary/aromatic N) is 1. The van der Waals surface area contributed by atoms with Crippen molar-refractivity contribution >= 4 is 5.69 Å². The lowest BCUT2D eigenvalue weighted by atomic mass is 10.0. The van der Waals surface area contributed by atoms with E-state index in [2.05, 4.69) is 43.3 Å². The molecule has 1 aliphatic heterocycles. The third-order valence-electron chi connectivity index (χ3n) is 3.43. The van der Waals surface area contributed by atoms with Gasteiger partial charge >= 0.3 is 0 Å². The maximum Gasteiger partial charge on any atom is 0.113 e. The summed E-state index contributed by atoms with van der Waals surface area (Å²) in [6.07, 6.45) is 1.23. The number of hydrogen-bond acceptors (Lipinski definition) is 2. The molecule has 1 unspecified atom stereocenters. The number of hydroxylamine groups is 1. The van der Waals surface area contributed by atoms with Crippen LogP contribution in [-0.4, -0.2) is 6.54 Å². The zero-order chi connectivity index (χ0) is 12.4. The fourth-order valence-corrected chi connectivity index (χ4v) is 2.44. The third kappa shape index (κ3) is 2.12. The largest absolute Gasteiger partial charge is 0.265 e. The van der Waals surface area contributed by atoms with Crippen molar-refractivity contribution in [2.75, 3.05) is 11.6 Å². The standard InChI is InChI=1S/C16H17NO/c1-13-7-5-6-10-15(13)16-11-12-17(18-16)14-8-3-2-4-9-14/h2-10,16H,11-12H2,1H3. The normalized spacial score (nSPS) is 19.2. The lowest BCUT2D eigenvalue weighted by Gasteiger charge is -2.19. The van der Waals surface area contributed by atoms with Crippen molar-refractivity contribution in [2.45, 2.75) is 19.4 Å². The molecule has 0 aromatic heterocycles. The van der Waals surface area contributed by atoms with Gasteiger partial charge in [-0.3, -0.25) is 9.90 Å². The Bertz CT molecular complexity index is 524. The first-order chi connectivity index (χ1) is 8.84. The quantitative estimate of drug-likeness (QED) is 0.788. The van der Waals surface area contributed by atoms with Gasteiger partial charge in [0, 0.05) is 13.0 Å². The fraction of sp³-hybridized carbons (Fsp3) is 0.250. The number of hydrogen-bond donors (Lipinski definition) is 0. The van der Waals surface area contributed by atoms with Crippen LogP contribution < -0.4 is 5.06 Å². The van der Waals surface area contributed by atoms with Crippen LogP contribution in [0.1, 0.15) is 23.7 Å². The van der Waals surface area contributed by atoms with Crippen LogP contribution in [-0.2, 0) is 4.84 Å². The van der Waals surface area contributed by atoms with Crippen LogP contribution in [0.25, 0.3) is 0 Å². The second kappa shape index (κ2) is 4.83. The van der Waals surface area contributed by atoms with Crippen LogP contribution in [0.15, 0.2) is 54.6 Å². The molecule has 0 N–H and O–H groups in total. The molecule has 0 saturated carbocycles. The number of benzene rings is 2. The van der Waals surface area contributed by atoms with Crippen molar-refractivity contribution in [3.63, 3.8) is 0 Å². The summed E-state index contributed by atoms with van der Waals surface area (Å²) >= 11 is 0. The van der Waals surface area contributed by atoms with Crippen LogP contribution in [0.2, 0.25) is 0 Å². The van der Waals surface area contributed by atoms with Crippen LogP contribution >= 0.6 is 0 Å². The Morgan fingerprint density at radius 2 is 1.72 bits per heavy atom. The van der Waals surface area contributed by atoms with Gasteiger partial charge < -0.3 is 0 Å². The highest BCUT2D eigenvalue weighted by molar-refractivity contribution is 5.44. The number of rotatable bonds is 2. The van der Waals surface area contributed by atoms with Crippen LogP contribution in [0.5, 0.6) is 0 Å². The Morgan fingerprint density at radius 3 is 2.50 bits per heavy atom. The summed E-state index contributed by atoms with van der Waals surface area (Å²) in [5.74, 6) is 0. The first-order valence-electron chi connectivity index (χ1n) is 6.39. The Hall–Kier alpha value is -1.80. The Morgan fingerprint density at radius 1 is 1.00 bits per heavy atom. The molecule has 1 atom stereocenters. The highest BCUT2D eigenvalue weighted by Crippen LogP contribution is 2.33. The average Bonchev–Trinajstić information content (AvgIpc) is 2.90. The molecule has 0 radical (unpaired) electrons. The second-order valence-corrected chi connectivity index (χ2v) is 4.68. The molecule has 92 valence electrons. The van der Waals surface area contributed by atoms with Gasteiger partial charge in [-0.05, 0) is 30.2 Å². The molecule has 2 nitrogen and oxygen atoms in total. The predicted octanol–water partition coefficient (Wildman–Crippen LogP) is 3.88. The summed E-state index contributed by atoms with van der Waals surface area (Å²) < 4.78 is 0. The molecule has 1 saturated heterocycles. The van der Waals surface area contributed by atoms with E-state index in [9.17, 15) is 0 Å². The number of para-hydroxylation sites is 1. The van der Waals surface area contributed by atoms with Gasteiger partial charge in [-0.1, -0.05) is 42.5 Å². The summed E-state index contributed by atoms with van der Waals surface area (Å²) in [7, 11) is 0. The molecular formula is C16H17NO. The minimum Gasteiger partial charge on any atom is -0.265 e. The summed E-state index contributed by atoms with van der Waals surface area (Å²) in [6.45, 7) is 3.09. The van der Waals surface area contributed by atoms with Crippen molar-refractivity contribution in [3.8, 4) is 0 Å². The maximum atomic E-state index is 6.05. The van der Waals surface area contributed by atoms with Gasteiger partial charge in [-0.2, -0.15) is 0 Å². The Balaban J connectivity index is 1.78. The highest BCUT2D eigenvalue weighted by Gasteiger charge is 2.26. The zero-order valence-electron chi connectivity index (χ0n) is 10.5. The van der Waals surface area contributed by atoms with E-state index in [0.29, 0.717) is 0 Å². The van der Waals surface area contributed by atoms with Crippen LogP contribution in [0, 0.1) is 6.92 Å². The van der Waals surface area contributed by atoms with Crippen molar-refractivity contribution in [2.24, 2.45) is 0 Å². The molecule has 1 heterocycles. The molecule has 0 bridgehead atoms. The van der Waals surface area contributed by atoms with Gasteiger partial charge in [0.25, 0.3) is 0 Å². The lowest BCUT2D eigenvalue weighted by molar-refractivity contribution is 0.0874. The first kappa shape index (κ1) is 11.3. The van der Waals surface area contributed by atoms with Gasteiger partial charge in [0.1, 0.15) is 6.10 Å². The van der Waals surface area contributed by atoms with Crippen LogP contribution in [0.3, 0.4) is 0 Å². The number of anilines is 1. The van der Waals surface area contributed by atoms with E-state index < -0.39 is 0 Å². The first-order valence-corrected chi connectivity index (χ1v) is 6.39. The molecule has 18 heavy (non-hydrogen) atoms. The summed E-state index contributed by atoms with van der Waals surface area (Å²) in [5, 5.41) is 2.00. The average molecular weight is 239 g/mol. The molecule has 1 aliphatic rings. The SMILES string of the molecule is Cc1ccccc1C1CCN(c2ccccc2)O1. The molecule has 0 amide bonds. The second-order valence-electron chi connectivity index (χ2n) is 4.68. The molecule has 2 aromatic carbocycles. The van der Waals surface area contributed by atoms with Gasteiger partial charge in [0.2, 0.25) is 0 Å². The molecule has 2 heteroatoms. The van der Waals surface area contributed by atoms with E-state index in [4.69, 9.17) is 4.84 Å². The van der Waals surface area contributed by atoms with E-state index in [0.717, 1.165) is 18.7 Å². The maximum absolute atomic E-state index is 6.05. The van der Waals surface area contributed by atoms with Crippen LogP contribution in [0.4, 0.5) is 5.69 Å². The van der Waals surface area contributed by atoms with E-state index >= 15 is 0 Å². The molecule has 2 aromatic rings. The molecule has 0 spiro atoms. The third-order valence-corrected chi connectivity index (χ3v) is 3.43. The zero-order valence-corrected chi connectivity index (χ0v) is 10.5. The van der Waals surface area contributed by atoms with Gasteiger partial charge in [0.05, 0.1) is 5.69 Å². The fourth-order valence-electron chi connectivity index (χ4n) is 2.44. The molecule has 3 rings (SSSR count). The predicted molar refractivity (Wildman–Crippen MR) is 73.4 cm³/mol. The topological polar surface area (TPSA) is 12.5 Å². The summed E-state index contributed by atoms with van der Waals surface area (Å²) in [5.41, 5.74) is 3.74. The minimum absolute atomic E-state index is 0.186. The van der Waals surface area contributed by atoms with Crippen molar-refractivity contribution in [1.29, 1.82) is 0 Å². The minimum atomic E-state index is 0.186. The van der Waals surface area contributed by atoms with E-state index in [1.54, 1.807) is 0 Å². The smallest absolute Gasteiger partial charge is 0.113 e. The monoisotopic (exact) mass is 239 g/mol. The van der Waals surface area contributed by atoms with Crippen molar-refractivity contribution in [3.05, 3.63) is 65.7 Å². The van der Waals surface area contributed by atoms with E-state index in [-0.39, 0.29) is 6.10 Å². The van der Waals surface area contributed by atoms with Gasteiger partial charge in [-0.15, -0.1) is 0 Å². The lowest BCUT2D eigenvalue weighted by Crippen LogP contribution is -2.16. The molecular weight excluding hydrogens is 222 g/mol. The highest BCUT2D eigenvalue weighted by atomic mass is 16.7. The molecule has 1 fully saturated rings. The Kier molecular flexibility index (Phi) is 3.03. The Labute approximate surface area is 108 Å². The van der Waals surface area contributed by atoms with E-state index in [1.807, 2.05) is 23.3 Å². The van der Waals surface area contributed by atoms with Gasteiger partial charge in [0.15, 0.2) is 0 Å². The molecule has 0 aliphatic carbocycles. The van der Waals surface area contributed by atoms with Crippen molar-refractivity contribution in [1.82, 2.24) is 0 Å². The summed E-state index contributed by atoms with van der Waals surface area (Å²) in [4.78, 5) is 6.05.